The van der Waals surface area contributed by atoms with E-state index in [-0.39, 0.29) is 10.4 Å². The van der Waals surface area contributed by atoms with Crippen LogP contribution in [0.15, 0.2) is 24.3 Å². The number of hydrogen-bond acceptors (Lipinski definition) is 4. The number of rotatable bonds is 5. The third-order valence-electron chi connectivity index (χ3n) is 2.37. The lowest BCUT2D eigenvalue weighted by molar-refractivity contribution is -0.385. The Morgan fingerprint density at radius 1 is 1.33 bits per heavy atom. The van der Waals surface area contributed by atoms with Crippen molar-refractivity contribution in [3.8, 4) is 0 Å². The molecule has 1 aromatic carbocycles. The second-order valence-corrected chi connectivity index (χ2v) is 6.96. The van der Waals surface area contributed by atoms with E-state index < -0.39 is 16.3 Å². The molecular formula is C12H18N2O3S. The van der Waals surface area contributed by atoms with Crippen molar-refractivity contribution in [2.75, 3.05) is 6.54 Å². The Kier molecular flexibility index (Phi) is 5.13. The molecule has 100 valence electrons. The standard InChI is InChI=1S/C12H18N2O3S/c1-12(2,3)18(17)13-9-8-10-6-4-5-7-11(10)14(15)16/h4-7,13H,8-9H2,1-3H3. The fourth-order valence-electron chi connectivity index (χ4n) is 1.40. The van der Waals surface area contributed by atoms with Gasteiger partial charge in [-0.2, -0.15) is 0 Å². The Labute approximate surface area is 110 Å². The van der Waals surface area contributed by atoms with E-state index in [1.807, 2.05) is 20.8 Å². The maximum Gasteiger partial charge on any atom is 0.272 e. The van der Waals surface area contributed by atoms with Crippen molar-refractivity contribution in [2.45, 2.75) is 31.9 Å². The Morgan fingerprint density at radius 2 is 1.94 bits per heavy atom. The minimum atomic E-state index is -1.15. The lowest BCUT2D eigenvalue weighted by Gasteiger charge is -2.23. The highest BCUT2D eigenvalue weighted by Crippen LogP contribution is 2.18. The Bertz CT molecular complexity index is 418. The molecule has 0 bridgehead atoms. The van der Waals surface area contributed by atoms with E-state index in [0.717, 1.165) is 0 Å². The summed E-state index contributed by atoms with van der Waals surface area (Å²) >= 11 is -1.15. The first-order chi connectivity index (χ1) is 8.32. The minimum absolute atomic E-state index is 0.112. The van der Waals surface area contributed by atoms with Gasteiger partial charge in [0, 0.05) is 29.5 Å². The number of nitrogens with one attached hydrogen (secondary N) is 1. The summed E-state index contributed by atoms with van der Waals surface area (Å²) < 4.78 is 14.3. The highest BCUT2D eigenvalue weighted by molar-refractivity contribution is 7.90. The predicted molar refractivity (Wildman–Crippen MR) is 72.7 cm³/mol. The van der Waals surface area contributed by atoms with Crippen LogP contribution in [-0.2, 0) is 17.8 Å². The van der Waals surface area contributed by atoms with Gasteiger partial charge in [0.2, 0.25) is 0 Å². The third-order valence-corrected chi connectivity index (χ3v) is 3.95. The Morgan fingerprint density at radius 3 is 2.50 bits per heavy atom. The highest BCUT2D eigenvalue weighted by Gasteiger charge is 2.26. The molecule has 1 atom stereocenters. The van der Waals surface area contributed by atoms with E-state index in [2.05, 4.69) is 4.72 Å². The number of nitrogens with zero attached hydrogens (tertiary/aromatic N) is 1. The molecule has 0 fully saturated rings. The second kappa shape index (κ2) is 6.17. The molecule has 0 aliphatic rings. The fourth-order valence-corrected chi connectivity index (χ4v) is 2.12. The van der Waals surface area contributed by atoms with E-state index in [4.69, 9.17) is 0 Å². The van der Waals surface area contributed by atoms with Crippen LogP contribution < -0.4 is 4.72 Å². The summed E-state index contributed by atoms with van der Waals surface area (Å²) in [5.74, 6) is 0. The van der Waals surface area contributed by atoms with Gasteiger partial charge in [0.15, 0.2) is 0 Å². The van der Waals surface area contributed by atoms with Crippen LogP contribution in [-0.4, -0.2) is 20.8 Å². The number of nitro groups is 1. The molecule has 0 spiro atoms. The molecular weight excluding hydrogens is 252 g/mol. The molecule has 0 saturated heterocycles. The average Bonchev–Trinajstić information content (AvgIpc) is 2.28. The number of nitro benzene ring substituents is 1. The molecule has 0 aromatic heterocycles. The van der Waals surface area contributed by atoms with Gasteiger partial charge in [0.05, 0.1) is 4.92 Å². The summed E-state index contributed by atoms with van der Waals surface area (Å²) in [5.41, 5.74) is 0.766. The van der Waals surface area contributed by atoms with Gasteiger partial charge in [0.1, 0.15) is 4.75 Å². The molecule has 5 nitrogen and oxygen atoms in total. The maximum absolute atomic E-state index is 11.7. The first-order valence-corrected chi connectivity index (χ1v) is 6.85. The summed E-state index contributed by atoms with van der Waals surface area (Å²) in [6.45, 7) is 6.08. The normalized spacial score (nSPS) is 13.3. The van der Waals surface area contributed by atoms with Crippen molar-refractivity contribution in [3.63, 3.8) is 0 Å². The van der Waals surface area contributed by atoms with Crippen LogP contribution in [0.5, 0.6) is 0 Å². The summed E-state index contributed by atoms with van der Waals surface area (Å²) in [4.78, 5) is 10.4. The zero-order valence-electron chi connectivity index (χ0n) is 10.8. The number of para-hydroxylation sites is 1. The summed E-state index contributed by atoms with van der Waals surface area (Å²) in [7, 11) is 0. The molecule has 1 aromatic rings. The van der Waals surface area contributed by atoms with Gasteiger partial charge in [-0.25, -0.2) is 0 Å². The van der Waals surface area contributed by atoms with Crippen LogP contribution in [0.25, 0.3) is 0 Å². The fraction of sp³-hybridized carbons (Fsp3) is 0.500. The largest absolute Gasteiger partial charge is 0.598 e. The molecule has 1 unspecified atom stereocenters. The van der Waals surface area contributed by atoms with Crippen molar-refractivity contribution in [1.82, 2.24) is 4.72 Å². The van der Waals surface area contributed by atoms with Crippen molar-refractivity contribution < 1.29 is 9.48 Å². The topological polar surface area (TPSA) is 78.2 Å². The van der Waals surface area contributed by atoms with Gasteiger partial charge in [-0.1, -0.05) is 18.2 Å². The first-order valence-electron chi connectivity index (χ1n) is 5.70. The van der Waals surface area contributed by atoms with Gasteiger partial charge in [-0.15, -0.1) is 4.72 Å². The van der Waals surface area contributed by atoms with Crippen LogP contribution >= 0.6 is 0 Å². The second-order valence-electron chi connectivity index (χ2n) is 4.91. The Hall–Kier alpha value is -1.11. The summed E-state index contributed by atoms with van der Waals surface area (Å²) in [5, 5.41) is 10.8. The van der Waals surface area contributed by atoms with Gasteiger partial charge >= 0.3 is 0 Å². The number of benzene rings is 1. The zero-order valence-corrected chi connectivity index (χ0v) is 11.6. The highest BCUT2D eigenvalue weighted by atomic mass is 32.2. The van der Waals surface area contributed by atoms with E-state index in [1.54, 1.807) is 18.2 Å². The summed E-state index contributed by atoms with van der Waals surface area (Å²) in [6.07, 6.45) is 0.485. The van der Waals surface area contributed by atoms with Crippen molar-refractivity contribution in [2.24, 2.45) is 0 Å². The molecule has 0 saturated carbocycles. The first kappa shape index (κ1) is 14.9. The van der Waals surface area contributed by atoms with Gasteiger partial charge in [-0.3, -0.25) is 10.1 Å². The molecule has 0 radical (unpaired) electrons. The van der Waals surface area contributed by atoms with E-state index in [1.165, 1.54) is 6.07 Å². The molecule has 0 heterocycles. The third kappa shape index (κ3) is 4.29. The van der Waals surface area contributed by atoms with E-state index in [0.29, 0.717) is 18.5 Å². The molecule has 1 N–H and O–H groups in total. The molecule has 1 rings (SSSR count). The van der Waals surface area contributed by atoms with Crippen LogP contribution in [0.4, 0.5) is 5.69 Å². The molecule has 0 amide bonds. The van der Waals surface area contributed by atoms with Gasteiger partial charge in [0.25, 0.3) is 5.69 Å². The van der Waals surface area contributed by atoms with Crippen molar-refractivity contribution >= 4 is 17.0 Å². The molecule has 6 heteroatoms. The van der Waals surface area contributed by atoms with E-state index in [9.17, 15) is 14.7 Å². The zero-order chi connectivity index (χ0) is 13.8. The SMILES string of the molecule is CC(C)(C)[S+]([O-])NCCc1ccccc1[N+](=O)[O-]. The predicted octanol–water partition coefficient (Wildman–Crippen LogP) is 2.19. The van der Waals surface area contributed by atoms with E-state index >= 15 is 0 Å². The Balaban J connectivity index is 2.57. The molecule has 18 heavy (non-hydrogen) atoms. The van der Waals surface area contributed by atoms with Crippen LogP contribution in [0.3, 0.4) is 0 Å². The smallest absolute Gasteiger partial charge is 0.272 e. The van der Waals surface area contributed by atoms with Crippen molar-refractivity contribution in [3.05, 3.63) is 39.9 Å². The number of hydrogen-bond donors (Lipinski definition) is 1. The molecule has 0 aliphatic heterocycles. The average molecular weight is 270 g/mol. The minimum Gasteiger partial charge on any atom is -0.598 e. The van der Waals surface area contributed by atoms with Gasteiger partial charge in [-0.05, 0) is 27.2 Å². The van der Waals surface area contributed by atoms with Crippen LogP contribution in [0.2, 0.25) is 0 Å². The van der Waals surface area contributed by atoms with Crippen molar-refractivity contribution in [1.29, 1.82) is 0 Å². The lowest BCUT2D eigenvalue weighted by atomic mass is 10.1. The van der Waals surface area contributed by atoms with Crippen LogP contribution in [0.1, 0.15) is 26.3 Å². The monoisotopic (exact) mass is 270 g/mol. The van der Waals surface area contributed by atoms with Crippen LogP contribution in [0, 0.1) is 10.1 Å². The molecule has 0 aliphatic carbocycles. The quantitative estimate of drug-likeness (QED) is 0.505. The lowest BCUT2D eigenvalue weighted by Crippen LogP contribution is -2.40. The summed E-state index contributed by atoms with van der Waals surface area (Å²) in [6, 6.07) is 6.61. The maximum atomic E-state index is 11.7. The van der Waals surface area contributed by atoms with Gasteiger partial charge < -0.3 is 4.55 Å².